The fourth-order valence-electron chi connectivity index (χ4n) is 8.96. The molecule has 2 aromatic heterocycles. The van der Waals surface area contributed by atoms with Crippen LogP contribution in [0.1, 0.15) is 89.7 Å². The molecule has 0 unspecified atom stereocenters. The van der Waals surface area contributed by atoms with Crippen LogP contribution in [0.3, 0.4) is 0 Å². The number of piperidine rings is 2. The van der Waals surface area contributed by atoms with Crippen molar-refractivity contribution in [2.24, 2.45) is 11.8 Å². The van der Waals surface area contributed by atoms with E-state index in [1.807, 2.05) is 46.2 Å². The summed E-state index contributed by atoms with van der Waals surface area (Å²) in [5, 5.41) is 5.68. The van der Waals surface area contributed by atoms with E-state index < -0.39 is 10.0 Å². The van der Waals surface area contributed by atoms with Gasteiger partial charge in [0.1, 0.15) is 0 Å². The van der Waals surface area contributed by atoms with Crippen molar-refractivity contribution in [1.82, 2.24) is 28.6 Å². The van der Waals surface area contributed by atoms with Crippen LogP contribution < -0.4 is 5.32 Å². The predicted octanol–water partition coefficient (Wildman–Crippen LogP) is 6.75. The highest BCUT2D eigenvalue weighted by molar-refractivity contribution is 7.89. The Kier molecular flexibility index (Phi) is 11.7. The highest BCUT2D eigenvalue weighted by atomic mass is 32.2. The van der Waals surface area contributed by atoms with Crippen LogP contribution in [0.15, 0.2) is 61.7 Å². The summed E-state index contributed by atoms with van der Waals surface area (Å²) in [4.78, 5) is 30.0. The second-order valence-corrected chi connectivity index (χ2v) is 18.2. The summed E-state index contributed by atoms with van der Waals surface area (Å²) in [6.45, 7) is 21.6. The minimum atomic E-state index is -3.26. The van der Waals surface area contributed by atoms with Crippen LogP contribution in [-0.4, -0.2) is 88.5 Å². The monoisotopic (exact) mass is 766 g/mol. The van der Waals surface area contributed by atoms with Crippen molar-refractivity contribution in [3.8, 4) is 0 Å². The number of amides is 2. The molecule has 0 bridgehead atoms. The van der Waals surface area contributed by atoms with Gasteiger partial charge in [0.25, 0.3) is 11.8 Å². The van der Waals surface area contributed by atoms with Crippen molar-refractivity contribution in [2.45, 2.75) is 85.5 Å². The molecule has 4 aromatic rings. The van der Waals surface area contributed by atoms with E-state index in [0.29, 0.717) is 37.5 Å². The molecule has 2 amide bonds. The Morgan fingerprint density at radius 3 is 1.73 bits per heavy atom. The standard InChI is InChI=1S/C23H31N3O3S.C21H27N3O/c1-4-11-26-21-7-6-18(23(27)24-12-8-17(3)9-13-24)15-19(21)20-16-25(14-10-22(20)26)30(28,29)5-2;1-3-10-24-19-5-4-16(21(25)23-11-7-15(2)8-12-23)13-17(19)18-14-22-9-6-20(18)24/h4,6-7,15,17H,1,5,8-14,16H2,2-3H3;3-5,13,15,22H,1,6-12,14H2,2H3. The van der Waals surface area contributed by atoms with Crippen LogP contribution in [0.2, 0.25) is 0 Å². The van der Waals surface area contributed by atoms with Gasteiger partial charge < -0.3 is 24.3 Å². The number of sulfonamides is 1. The Bertz CT molecular complexity index is 2200. The number of rotatable bonds is 8. The van der Waals surface area contributed by atoms with Gasteiger partial charge in [-0.05, 0) is 92.0 Å². The highest BCUT2D eigenvalue weighted by Gasteiger charge is 2.31. The molecule has 8 rings (SSSR count). The Balaban J connectivity index is 0.000000172. The van der Waals surface area contributed by atoms with E-state index in [4.69, 9.17) is 0 Å². The first-order valence-corrected chi connectivity index (χ1v) is 21.9. The third-order valence-corrected chi connectivity index (χ3v) is 14.2. The number of fused-ring (bicyclic) bond motifs is 6. The van der Waals surface area contributed by atoms with Gasteiger partial charge in [-0.25, -0.2) is 8.42 Å². The molecule has 1 N–H and O–H groups in total. The number of benzene rings is 2. The number of likely N-dealkylation sites (tertiary alicyclic amines) is 2. The van der Waals surface area contributed by atoms with E-state index >= 15 is 0 Å². The van der Waals surface area contributed by atoms with Gasteiger partial charge in [-0.15, -0.1) is 13.2 Å². The molecule has 0 atom stereocenters. The lowest BCUT2D eigenvalue weighted by molar-refractivity contribution is 0.0689. The van der Waals surface area contributed by atoms with E-state index in [2.05, 4.69) is 53.6 Å². The third kappa shape index (κ3) is 7.80. The van der Waals surface area contributed by atoms with Gasteiger partial charge in [-0.2, -0.15) is 4.31 Å². The number of hydrogen-bond donors (Lipinski definition) is 1. The number of aromatic nitrogens is 2. The van der Waals surface area contributed by atoms with Crippen molar-refractivity contribution in [3.05, 3.63) is 95.3 Å². The summed E-state index contributed by atoms with van der Waals surface area (Å²) in [6, 6.07) is 12.1. The molecule has 0 saturated carbocycles. The van der Waals surface area contributed by atoms with E-state index in [0.717, 1.165) is 112 Å². The van der Waals surface area contributed by atoms with E-state index in [-0.39, 0.29) is 17.6 Å². The molecule has 6 heterocycles. The van der Waals surface area contributed by atoms with Crippen LogP contribution in [0.5, 0.6) is 0 Å². The van der Waals surface area contributed by atoms with Gasteiger partial charge >= 0.3 is 0 Å². The summed E-state index contributed by atoms with van der Waals surface area (Å²) < 4.78 is 31.1. The zero-order valence-corrected chi connectivity index (χ0v) is 33.8. The quantitative estimate of drug-likeness (QED) is 0.200. The maximum absolute atomic E-state index is 13.1. The smallest absolute Gasteiger partial charge is 0.253 e. The van der Waals surface area contributed by atoms with Crippen LogP contribution in [0, 0.1) is 11.8 Å². The Morgan fingerprint density at radius 2 is 1.24 bits per heavy atom. The lowest BCUT2D eigenvalue weighted by Gasteiger charge is -2.30. The fourth-order valence-corrected chi connectivity index (χ4v) is 10.0. The molecule has 2 aromatic carbocycles. The van der Waals surface area contributed by atoms with Gasteiger partial charge in [0.15, 0.2) is 0 Å². The van der Waals surface area contributed by atoms with E-state index in [1.54, 1.807) is 11.2 Å². The van der Waals surface area contributed by atoms with Crippen LogP contribution in [0.4, 0.5) is 0 Å². The second kappa shape index (κ2) is 16.5. The summed E-state index contributed by atoms with van der Waals surface area (Å²) >= 11 is 0. The highest BCUT2D eigenvalue weighted by Crippen LogP contribution is 2.34. The van der Waals surface area contributed by atoms with Gasteiger partial charge in [0, 0.05) is 123 Å². The van der Waals surface area contributed by atoms with Gasteiger partial charge in [0.2, 0.25) is 10.0 Å². The first kappa shape index (κ1) is 39.1. The summed E-state index contributed by atoms with van der Waals surface area (Å²) in [6.07, 6.45) is 9.84. The molecular formula is C44H58N6O4S. The average Bonchev–Trinajstić information content (AvgIpc) is 3.69. The predicted molar refractivity (Wildman–Crippen MR) is 222 cm³/mol. The van der Waals surface area contributed by atoms with Gasteiger partial charge in [0.05, 0.1) is 5.75 Å². The summed E-state index contributed by atoms with van der Waals surface area (Å²) in [5.74, 6) is 1.76. The zero-order valence-electron chi connectivity index (χ0n) is 33.0. The molecule has 0 aliphatic carbocycles. The number of carbonyl (C=O) groups excluding carboxylic acids is 2. The maximum atomic E-state index is 13.1. The first-order chi connectivity index (χ1) is 26.5. The molecule has 4 aliphatic heterocycles. The molecule has 2 fully saturated rings. The van der Waals surface area contributed by atoms with E-state index in [9.17, 15) is 18.0 Å². The topological polar surface area (TPSA) is 99.9 Å². The molecule has 0 radical (unpaired) electrons. The molecule has 2 saturated heterocycles. The van der Waals surface area contributed by atoms with Crippen molar-refractivity contribution in [2.75, 3.05) is 45.0 Å². The lowest BCUT2D eigenvalue weighted by atomic mass is 9.98. The number of hydrogen-bond acceptors (Lipinski definition) is 5. The fraction of sp³-hybridized carbons (Fsp3) is 0.500. The van der Waals surface area contributed by atoms with Gasteiger partial charge in [-0.3, -0.25) is 9.59 Å². The number of allylic oxidation sites excluding steroid dienone is 2. The average molecular weight is 767 g/mol. The van der Waals surface area contributed by atoms with Crippen LogP contribution >= 0.6 is 0 Å². The minimum Gasteiger partial charge on any atom is -0.340 e. The molecule has 10 nitrogen and oxygen atoms in total. The first-order valence-electron chi connectivity index (χ1n) is 20.3. The molecule has 0 spiro atoms. The van der Waals surface area contributed by atoms with E-state index in [1.165, 1.54) is 22.2 Å². The Labute approximate surface area is 326 Å². The molecule has 294 valence electrons. The summed E-state index contributed by atoms with van der Waals surface area (Å²) in [5.41, 5.74) is 8.70. The number of carbonyl (C=O) groups is 2. The van der Waals surface area contributed by atoms with Crippen molar-refractivity contribution < 1.29 is 18.0 Å². The number of nitrogens with one attached hydrogen (secondary N) is 1. The minimum absolute atomic E-state index is 0.0721. The van der Waals surface area contributed by atoms with Crippen molar-refractivity contribution in [1.29, 1.82) is 0 Å². The molecule has 4 aliphatic rings. The molecule has 11 heteroatoms. The lowest BCUT2D eigenvalue weighted by Crippen LogP contribution is -2.38. The summed E-state index contributed by atoms with van der Waals surface area (Å²) in [7, 11) is -3.26. The number of nitrogens with zero attached hydrogens (tertiary/aromatic N) is 5. The SMILES string of the molecule is C=CCn1c2c(c3cc(C(=O)N4CCC(C)CC4)ccc31)CN(S(=O)(=O)CC)CC2.C=CCn1c2c(c3cc(C(=O)N4CCC(C)CC4)ccc31)CNCC2. The van der Waals surface area contributed by atoms with Crippen molar-refractivity contribution in [3.63, 3.8) is 0 Å². The molecule has 55 heavy (non-hydrogen) atoms. The third-order valence-electron chi connectivity index (χ3n) is 12.4. The van der Waals surface area contributed by atoms with Crippen LogP contribution in [0.25, 0.3) is 21.8 Å². The largest absolute Gasteiger partial charge is 0.340 e. The second-order valence-electron chi connectivity index (χ2n) is 16.0. The molecular weight excluding hydrogens is 709 g/mol. The maximum Gasteiger partial charge on any atom is 0.253 e. The Morgan fingerprint density at radius 1 is 0.745 bits per heavy atom. The normalized spacial score (nSPS) is 18.5. The van der Waals surface area contributed by atoms with Crippen LogP contribution in [-0.2, 0) is 49.0 Å². The van der Waals surface area contributed by atoms with Gasteiger partial charge in [-0.1, -0.05) is 26.0 Å². The Hall–Kier alpha value is -4.19. The zero-order chi connectivity index (χ0) is 38.9. The van der Waals surface area contributed by atoms with Crippen molar-refractivity contribution >= 4 is 43.6 Å².